The van der Waals surface area contributed by atoms with E-state index in [1.54, 1.807) is 6.07 Å². The first-order chi connectivity index (χ1) is 19.2. The molecule has 3 heteroatoms. The minimum atomic E-state index is 0.112. The van der Waals surface area contributed by atoms with Gasteiger partial charge in [-0.05, 0) is 58.4 Å². The van der Waals surface area contributed by atoms with E-state index < -0.39 is 0 Å². The number of rotatable bonds is 3. The molecule has 4 aromatic carbocycles. The molecule has 3 nitrogen and oxygen atoms in total. The highest BCUT2D eigenvalue weighted by Gasteiger charge is 2.23. The summed E-state index contributed by atoms with van der Waals surface area (Å²) in [5, 5.41) is 12.0. The Kier molecular flexibility index (Phi) is 5.56. The van der Waals surface area contributed by atoms with Crippen LogP contribution in [0.25, 0.3) is 55.4 Å². The van der Waals surface area contributed by atoms with Crippen LogP contribution >= 0.6 is 0 Å². The Bertz CT molecular complexity index is 1950. The predicted molar refractivity (Wildman–Crippen MR) is 159 cm³/mol. The lowest BCUT2D eigenvalue weighted by atomic mass is 9.86. The van der Waals surface area contributed by atoms with Crippen molar-refractivity contribution in [1.82, 2.24) is 0 Å². The van der Waals surface area contributed by atoms with Crippen molar-refractivity contribution in [3.8, 4) is 39.6 Å². The van der Waals surface area contributed by atoms with Gasteiger partial charge in [0, 0.05) is 28.5 Å². The molecule has 0 unspecified atom stereocenters. The van der Waals surface area contributed by atoms with Crippen molar-refractivity contribution in [3.05, 3.63) is 114 Å². The van der Waals surface area contributed by atoms with Gasteiger partial charge in [-0.2, -0.15) is 5.26 Å². The fourth-order valence-electron chi connectivity index (χ4n) is 5.42. The van der Waals surface area contributed by atoms with Crippen LogP contribution in [0, 0.1) is 18.3 Å². The lowest BCUT2D eigenvalue weighted by Crippen LogP contribution is -2.30. The van der Waals surface area contributed by atoms with E-state index in [1.165, 1.54) is 5.56 Å². The summed E-state index contributed by atoms with van der Waals surface area (Å²) in [4.78, 5) is 0. The summed E-state index contributed by atoms with van der Waals surface area (Å²) < 4.78 is 16.8. The number of nitriles is 1. The first kappa shape index (κ1) is 23.4. The Labute approximate surface area is 231 Å². The third-order valence-corrected chi connectivity index (χ3v) is 7.63. The van der Waals surface area contributed by atoms with Gasteiger partial charge < -0.3 is 4.42 Å². The minimum Gasteiger partial charge on any atom is -0.454 e. The average molecular weight is 509 g/mol. The zero-order chi connectivity index (χ0) is 28.2. The van der Waals surface area contributed by atoms with Gasteiger partial charge in [0.2, 0.25) is 5.69 Å². The number of nitrogens with zero attached hydrogens (tertiary/aromatic N) is 2. The van der Waals surface area contributed by atoms with Gasteiger partial charge in [-0.1, -0.05) is 81.4 Å². The van der Waals surface area contributed by atoms with Gasteiger partial charge in [-0.15, -0.1) is 0 Å². The second-order valence-corrected chi connectivity index (χ2v) is 11.2. The smallest absolute Gasteiger partial charge is 0.216 e. The summed E-state index contributed by atoms with van der Waals surface area (Å²) in [6, 6.07) is 33.2. The summed E-state index contributed by atoms with van der Waals surface area (Å²) in [6.45, 7) is 8.73. The van der Waals surface area contributed by atoms with Crippen LogP contribution < -0.4 is 4.57 Å². The molecule has 6 aromatic rings. The van der Waals surface area contributed by atoms with Crippen LogP contribution in [-0.4, -0.2) is 0 Å². The second kappa shape index (κ2) is 9.26. The largest absolute Gasteiger partial charge is 0.454 e. The van der Waals surface area contributed by atoms with Gasteiger partial charge >= 0.3 is 0 Å². The minimum absolute atomic E-state index is 0.112. The van der Waals surface area contributed by atoms with Gasteiger partial charge in [0.1, 0.15) is 19.6 Å². The first-order valence-corrected chi connectivity index (χ1v) is 13.2. The number of furan rings is 1. The van der Waals surface area contributed by atoms with E-state index in [0.29, 0.717) is 17.3 Å². The number of pyridine rings is 1. The highest BCUT2D eigenvalue weighted by molar-refractivity contribution is 6.14. The summed E-state index contributed by atoms with van der Waals surface area (Å²) in [6.07, 6.45) is 0.422. The Hall–Kier alpha value is -4.68. The average Bonchev–Trinajstić information content (AvgIpc) is 3.32. The van der Waals surface area contributed by atoms with Crippen LogP contribution in [0.3, 0.4) is 0 Å². The summed E-state index contributed by atoms with van der Waals surface area (Å²) in [7, 11) is 1.90. The van der Waals surface area contributed by atoms with E-state index in [-0.39, 0.29) is 5.41 Å². The molecule has 0 aliphatic rings. The SMILES string of the molecule is [2H]c1cccc(-c2c(C)ccc3c2oc2c(-c4ccc(-c5ccc(C(C)(C)C)cc5)cc4)c(C#N)ccc23)[n+]1C. The Morgan fingerprint density at radius 3 is 1.97 bits per heavy atom. The van der Waals surface area contributed by atoms with E-state index in [0.717, 1.165) is 55.4 Å². The van der Waals surface area contributed by atoms with Crippen LogP contribution in [0.4, 0.5) is 0 Å². The molecule has 2 aromatic heterocycles. The van der Waals surface area contributed by atoms with Crippen molar-refractivity contribution in [3.63, 3.8) is 0 Å². The van der Waals surface area contributed by atoms with E-state index in [4.69, 9.17) is 5.79 Å². The van der Waals surface area contributed by atoms with Crippen molar-refractivity contribution in [1.29, 1.82) is 5.26 Å². The molecule has 0 radical (unpaired) electrons. The van der Waals surface area contributed by atoms with Crippen LogP contribution in [0.1, 0.15) is 38.8 Å². The summed E-state index contributed by atoms with van der Waals surface area (Å²) >= 11 is 0. The first-order valence-electron chi connectivity index (χ1n) is 13.7. The molecule has 0 atom stereocenters. The molecule has 0 N–H and O–H groups in total. The zero-order valence-corrected chi connectivity index (χ0v) is 23.0. The molecule has 190 valence electrons. The number of aryl methyl sites for hydroxylation is 1. The van der Waals surface area contributed by atoms with Crippen molar-refractivity contribution in [2.24, 2.45) is 7.05 Å². The van der Waals surface area contributed by atoms with Crippen LogP contribution in [0.5, 0.6) is 0 Å². The topological polar surface area (TPSA) is 40.8 Å². The molecule has 0 aliphatic carbocycles. The fourth-order valence-corrected chi connectivity index (χ4v) is 5.42. The van der Waals surface area contributed by atoms with Gasteiger partial charge in [0.25, 0.3) is 0 Å². The molecule has 0 saturated heterocycles. The number of fused-ring (bicyclic) bond motifs is 3. The van der Waals surface area contributed by atoms with Crippen molar-refractivity contribution in [2.45, 2.75) is 33.1 Å². The van der Waals surface area contributed by atoms with Gasteiger partial charge in [0.15, 0.2) is 6.17 Å². The van der Waals surface area contributed by atoms with Crippen molar-refractivity contribution >= 4 is 21.9 Å². The second-order valence-electron chi connectivity index (χ2n) is 11.2. The summed E-state index contributed by atoms with van der Waals surface area (Å²) in [5.74, 6) is 0. The highest BCUT2D eigenvalue weighted by atomic mass is 16.3. The summed E-state index contributed by atoms with van der Waals surface area (Å²) in [5.41, 5.74) is 10.4. The van der Waals surface area contributed by atoms with Gasteiger partial charge in [-0.25, -0.2) is 4.57 Å². The maximum Gasteiger partial charge on any atom is 0.216 e. The zero-order valence-electron chi connectivity index (χ0n) is 24.0. The number of aromatic nitrogens is 1. The number of hydrogen-bond donors (Lipinski definition) is 0. The molecule has 0 amide bonds. The van der Waals surface area contributed by atoms with Crippen molar-refractivity contribution < 1.29 is 10.4 Å². The number of benzene rings is 4. The number of hydrogen-bond acceptors (Lipinski definition) is 2. The predicted octanol–water partition coefficient (Wildman–Crippen LogP) is 8.89. The normalized spacial score (nSPS) is 12.1. The van der Waals surface area contributed by atoms with E-state index in [2.05, 4.69) is 94.4 Å². The molecular weight excluding hydrogens is 476 g/mol. The monoisotopic (exact) mass is 508 g/mol. The third kappa shape index (κ3) is 4.19. The molecular formula is C36H31N2O+. The van der Waals surface area contributed by atoms with Gasteiger partial charge in [-0.3, -0.25) is 0 Å². The Morgan fingerprint density at radius 1 is 0.744 bits per heavy atom. The molecule has 0 spiro atoms. The molecule has 39 heavy (non-hydrogen) atoms. The Balaban J connectivity index is 1.52. The van der Waals surface area contributed by atoms with Crippen molar-refractivity contribution in [2.75, 3.05) is 0 Å². The van der Waals surface area contributed by atoms with E-state index in [1.807, 2.05) is 35.9 Å². The lowest BCUT2D eigenvalue weighted by Gasteiger charge is -2.19. The quantitative estimate of drug-likeness (QED) is 0.224. The van der Waals surface area contributed by atoms with Crippen LogP contribution in [0.15, 0.2) is 102 Å². The van der Waals surface area contributed by atoms with Gasteiger partial charge in [0.05, 0.1) is 17.2 Å². The maximum atomic E-state index is 10.1. The lowest BCUT2D eigenvalue weighted by molar-refractivity contribution is -0.660. The van der Waals surface area contributed by atoms with E-state index in [9.17, 15) is 5.26 Å². The fraction of sp³-hybridized carbons (Fsp3) is 0.167. The molecule has 0 fully saturated rings. The molecule has 0 aliphatic heterocycles. The third-order valence-electron chi connectivity index (χ3n) is 7.63. The van der Waals surface area contributed by atoms with Crippen LogP contribution in [-0.2, 0) is 12.5 Å². The molecule has 6 rings (SSSR count). The standard InChI is InChI=1S/C36H31N2O/c1-23-9-19-29-30-20-16-27(22-37)33(35(30)39-34(29)32(23)31-8-6-7-21-38(31)5)26-12-10-24(11-13-26)25-14-17-28(18-15-25)36(2,3)4/h6-21H,1-5H3/q+1/i21D. The molecule has 0 saturated carbocycles. The highest BCUT2D eigenvalue weighted by Crippen LogP contribution is 2.42. The molecule has 0 bridgehead atoms. The Morgan fingerprint density at radius 2 is 1.33 bits per heavy atom. The van der Waals surface area contributed by atoms with E-state index >= 15 is 0 Å². The van der Waals surface area contributed by atoms with Crippen LogP contribution in [0.2, 0.25) is 0 Å². The maximum absolute atomic E-state index is 10.1. The molecule has 2 heterocycles.